The normalized spacial score (nSPS) is 12.1. The Balaban J connectivity index is 2.16. The SMILES string of the molecule is COC(=O)/C=C/c1cccc2c1O2. The predicted octanol–water partition coefficient (Wildman–Crippen LogP) is 1.98. The van der Waals surface area contributed by atoms with Crippen molar-refractivity contribution in [1.82, 2.24) is 0 Å². The van der Waals surface area contributed by atoms with Crippen molar-refractivity contribution >= 4 is 12.0 Å². The molecule has 3 nitrogen and oxygen atoms in total. The van der Waals surface area contributed by atoms with Crippen molar-refractivity contribution in [2.24, 2.45) is 0 Å². The predicted molar refractivity (Wildman–Crippen MR) is 47.6 cm³/mol. The van der Waals surface area contributed by atoms with Crippen LogP contribution in [0.4, 0.5) is 0 Å². The lowest BCUT2D eigenvalue weighted by Crippen LogP contribution is -1.92. The number of carbonyl (C=O) groups excluding carboxylic acids is 1. The maximum absolute atomic E-state index is 10.8. The van der Waals surface area contributed by atoms with Gasteiger partial charge in [-0.3, -0.25) is 0 Å². The molecule has 1 aliphatic rings. The number of para-hydroxylation sites is 1. The van der Waals surface area contributed by atoms with E-state index in [2.05, 4.69) is 4.74 Å². The van der Waals surface area contributed by atoms with Crippen LogP contribution in [-0.2, 0) is 9.53 Å². The number of esters is 1. The van der Waals surface area contributed by atoms with Gasteiger partial charge in [-0.15, -0.1) is 0 Å². The molecule has 0 unspecified atom stereocenters. The van der Waals surface area contributed by atoms with E-state index in [-0.39, 0.29) is 5.97 Å². The third kappa shape index (κ3) is 1.54. The van der Waals surface area contributed by atoms with Crippen LogP contribution in [0.2, 0.25) is 0 Å². The zero-order valence-corrected chi connectivity index (χ0v) is 7.11. The van der Waals surface area contributed by atoms with E-state index in [1.54, 1.807) is 6.08 Å². The fourth-order valence-electron chi connectivity index (χ4n) is 1.07. The summed E-state index contributed by atoms with van der Waals surface area (Å²) in [6.07, 6.45) is 3.05. The first kappa shape index (κ1) is 7.86. The van der Waals surface area contributed by atoms with Crippen LogP contribution >= 0.6 is 0 Å². The molecule has 13 heavy (non-hydrogen) atoms. The van der Waals surface area contributed by atoms with Gasteiger partial charge in [-0.25, -0.2) is 4.79 Å². The summed E-state index contributed by atoms with van der Waals surface area (Å²) < 4.78 is 9.59. The largest absolute Gasteiger partial charge is 0.466 e. The fraction of sp³-hybridized carbons (Fsp3) is 0.100. The monoisotopic (exact) mass is 176 g/mol. The summed E-state index contributed by atoms with van der Waals surface area (Å²) in [6, 6.07) is 5.64. The summed E-state index contributed by atoms with van der Waals surface area (Å²) in [4.78, 5) is 10.8. The minimum atomic E-state index is -0.363. The molecule has 1 aliphatic heterocycles. The zero-order valence-electron chi connectivity index (χ0n) is 7.11. The molecule has 0 aliphatic carbocycles. The molecule has 0 bridgehead atoms. The Labute approximate surface area is 75.6 Å². The first-order valence-electron chi connectivity index (χ1n) is 3.88. The van der Waals surface area contributed by atoms with Gasteiger partial charge >= 0.3 is 5.97 Å². The lowest BCUT2D eigenvalue weighted by molar-refractivity contribution is -0.134. The van der Waals surface area contributed by atoms with E-state index in [9.17, 15) is 4.79 Å². The van der Waals surface area contributed by atoms with E-state index < -0.39 is 0 Å². The van der Waals surface area contributed by atoms with E-state index in [0.29, 0.717) is 0 Å². The highest BCUT2D eigenvalue weighted by atomic mass is 16.6. The zero-order chi connectivity index (χ0) is 9.26. The number of methoxy groups -OCH3 is 1. The third-order valence-corrected chi connectivity index (χ3v) is 1.78. The van der Waals surface area contributed by atoms with E-state index in [1.807, 2.05) is 18.2 Å². The van der Waals surface area contributed by atoms with E-state index in [4.69, 9.17) is 4.74 Å². The van der Waals surface area contributed by atoms with Gasteiger partial charge in [0.15, 0.2) is 11.5 Å². The van der Waals surface area contributed by atoms with Crippen molar-refractivity contribution in [2.45, 2.75) is 0 Å². The molecule has 0 aromatic heterocycles. The second-order valence-electron chi connectivity index (χ2n) is 2.63. The number of hydrogen-bond acceptors (Lipinski definition) is 3. The van der Waals surface area contributed by atoms with Gasteiger partial charge in [0.1, 0.15) is 0 Å². The topological polar surface area (TPSA) is 38.8 Å². The number of ether oxygens (including phenoxy) is 2. The van der Waals surface area contributed by atoms with Gasteiger partial charge in [-0.05, 0) is 12.1 Å². The van der Waals surface area contributed by atoms with Crippen molar-refractivity contribution in [2.75, 3.05) is 7.11 Å². The quantitative estimate of drug-likeness (QED) is 0.399. The second-order valence-corrected chi connectivity index (χ2v) is 2.63. The fourth-order valence-corrected chi connectivity index (χ4v) is 1.07. The van der Waals surface area contributed by atoms with Crippen molar-refractivity contribution in [1.29, 1.82) is 0 Å². The van der Waals surface area contributed by atoms with Gasteiger partial charge in [0.25, 0.3) is 0 Å². The average Bonchev–Trinajstić information content (AvgIpc) is 2.92. The number of hydrogen-bond donors (Lipinski definition) is 0. The number of carbonyl (C=O) groups is 1. The maximum atomic E-state index is 10.8. The van der Waals surface area contributed by atoms with Crippen LogP contribution in [0.3, 0.4) is 0 Å². The molecule has 0 fully saturated rings. The average molecular weight is 176 g/mol. The first-order valence-corrected chi connectivity index (χ1v) is 3.88. The lowest BCUT2D eigenvalue weighted by atomic mass is 10.2. The Hall–Kier alpha value is -1.77. The summed E-state index contributed by atoms with van der Waals surface area (Å²) >= 11 is 0. The molecule has 0 radical (unpaired) electrons. The third-order valence-electron chi connectivity index (χ3n) is 1.78. The van der Waals surface area contributed by atoms with E-state index in [1.165, 1.54) is 13.2 Å². The van der Waals surface area contributed by atoms with Crippen LogP contribution in [0.1, 0.15) is 5.56 Å². The van der Waals surface area contributed by atoms with E-state index >= 15 is 0 Å². The summed E-state index contributed by atoms with van der Waals surface area (Å²) in [5, 5.41) is 0. The highest BCUT2D eigenvalue weighted by Gasteiger charge is 2.21. The number of rotatable bonds is 2. The summed E-state index contributed by atoms with van der Waals surface area (Å²) in [5.41, 5.74) is 0.905. The Kier molecular flexibility index (Phi) is 1.77. The molecule has 0 amide bonds. The molecule has 3 heteroatoms. The molecule has 66 valence electrons. The lowest BCUT2D eigenvalue weighted by Gasteiger charge is -1.89. The Morgan fingerprint density at radius 1 is 1.54 bits per heavy atom. The molecule has 0 N–H and O–H groups in total. The Bertz CT molecular complexity index is 380. The smallest absolute Gasteiger partial charge is 0.330 e. The van der Waals surface area contributed by atoms with Gasteiger partial charge in [-0.1, -0.05) is 12.1 Å². The van der Waals surface area contributed by atoms with Crippen molar-refractivity contribution in [3.63, 3.8) is 0 Å². The molecule has 1 aromatic carbocycles. The summed E-state index contributed by atoms with van der Waals surface area (Å²) in [6.45, 7) is 0. The minimum absolute atomic E-state index is 0.363. The molecular weight excluding hydrogens is 168 g/mol. The van der Waals surface area contributed by atoms with Gasteiger partial charge < -0.3 is 9.47 Å². The van der Waals surface area contributed by atoms with Crippen molar-refractivity contribution < 1.29 is 14.3 Å². The summed E-state index contributed by atoms with van der Waals surface area (Å²) in [5.74, 6) is 1.37. The molecule has 1 heterocycles. The van der Waals surface area contributed by atoms with Gasteiger partial charge in [0.05, 0.1) is 7.11 Å². The van der Waals surface area contributed by atoms with Gasteiger partial charge in [0, 0.05) is 11.6 Å². The van der Waals surface area contributed by atoms with Crippen molar-refractivity contribution in [3.8, 4) is 11.5 Å². The number of benzene rings is 1. The molecule has 1 aromatic rings. The van der Waals surface area contributed by atoms with Gasteiger partial charge in [-0.2, -0.15) is 0 Å². The standard InChI is InChI=1S/C10H8O3/c1-12-9(11)6-5-7-3-2-4-8-10(7)13-8/h2-6H,1H3/b6-5+. The van der Waals surface area contributed by atoms with Crippen LogP contribution in [0, 0.1) is 0 Å². The summed E-state index contributed by atoms with van der Waals surface area (Å²) in [7, 11) is 1.35. The van der Waals surface area contributed by atoms with Crippen LogP contribution < -0.4 is 4.74 Å². The second kappa shape index (κ2) is 2.94. The highest BCUT2D eigenvalue weighted by Crippen LogP contribution is 2.48. The van der Waals surface area contributed by atoms with Crippen LogP contribution in [0.25, 0.3) is 6.08 Å². The molecule has 0 spiro atoms. The Morgan fingerprint density at radius 2 is 2.38 bits per heavy atom. The first-order chi connectivity index (χ1) is 6.31. The Morgan fingerprint density at radius 3 is 3.15 bits per heavy atom. The minimum Gasteiger partial charge on any atom is -0.466 e. The molecule has 0 saturated heterocycles. The molecule has 0 atom stereocenters. The molecule has 2 rings (SSSR count). The van der Waals surface area contributed by atoms with Crippen molar-refractivity contribution in [3.05, 3.63) is 29.8 Å². The van der Waals surface area contributed by atoms with Crippen LogP contribution in [0.15, 0.2) is 24.3 Å². The van der Waals surface area contributed by atoms with E-state index in [0.717, 1.165) is 17.1 Å². The van der Waals surface area contributed by atoms with Crippen LogP contribution in [0.5, 0.6) is 11.5 Å². The van der Waals surface area contributed by atoms with Gasteiger partial charge in [0.2, 0.25) is 0 Å². The molecule has 0 saturated carbocycles. The molecular formula is C10H8O3. The van der Waals surface area contributed by atoms with Crippen LogP contribution in [-0.4, -0.2) is 13.1 Å². The maximum Gasteiger partial charge on any atom is 0.330 e. The highest BCUT2D eigenvalue weighted by molar-refractivity contribution is 5.88. The number of fused-ring (bicyclic) bond motifs is 1.